The fourth-order valence-electron chi connectivity index (χ4n) is 3.97. The first-order valence-corrected chi connectivity index (χ1v) is 11.8. The quantitative estimate of drug-likeness (QED) is 0.286. The van der Waals surface area contributed by atoms with Gasteiger partial charge in [-0.3, -0.25) is 14.8 Å². The number of rotatable bonds is 8. The number of hydrogen-bond acceptors (Lipinski definition) is 6. The van der Waals surface area contributed by atoms with Crippen LogP contribution in [0.4, 0.5) is 17.6 Å². The maximum atomic E-state index is 14.2. The van der Waals surface area contributed by atoms with Crippen LogP contribution in [0.15, 0.2) is 60.8 Å². The van der Waals surface area contributed by atoms with Crippen molar-refractivity contribution in [2.75, 3.05) is 20.8 Å². The fraction of sp³-hybridized carbons (Fsp3) is 0.222. The van der Waals surface area contributed by atoms with Crippen LogP contribution in [0.1, 0.15) is 27.3 Å². The van der Waals surface area contributed by atoms with Crippen molar-refractivity contribution in [1.29, 1.82) is 0 Å². The number of ether oxygens (including phenoxy) is 2. The second kappa shape index (κ2) is 11.0. The molecule has 4 aromatic rings. The fourth-order valence-corrected chi connectivity index (χ4v) is 4.17. The molecule has 2 aromatic heterocycles. The van der Waals surface area contributed by atoms with Crippen molar-refractivity contribution in [1.82, 2.24) is 15.3 Å². The summed E-state index contributed by atoms with van der Waals surface area (Å²) in [5.41, 5.74) is -3.34. The average molecular weight is 564 g/mol. The van der Waals surface area contributed by atoms with Crippen molar-refractivity contribution < 1.29 is 36.9 Å². The first-order valence-electron chi connectivity index (χ1n) is 11.4. The normalized spacial score (nSPS) is 13.1. The number of pyridine rings is 2. The minimum Gasteiger partial charge on any atom is -0.495 e. The summed E-state index contributed by atoms with van der Waals surface area (Å²) in [6, 6.07) is 12.1. The van der Waals surface area contributed by atoms with Crippen molar-refractivity contribution in [3.05, 3.63) is 94.1 Å². The van der Waals surface area contributed by atoms with Crippen molar-refractivity contribution >= 4 is 28.4 Å². The molecule has 7 nitrogen and oxygen atoms in total. The monoisotopic (exact) mass is 563 g/mol. The van der Waals surface area contributed by atoms with E-state index >= 15 is 0 Å². The Bertz CT molecular complexity index is 1530. The Balaban J connectivity index is 1.65. The van der Waals surface area contributed by atoms with E-state index in [0.29, 0.717) is 16.5 Å². The van der Waals surface area contributed by atoms with Gasteiger partial charge in [0.25, 0.3) is 5.91 Å². The molecule has 0 aliphatic heterocycles. The Labute approximate surface area is 225 Å². The Morgan fingerprint density at radius 1 is 1.05 bits per heavy atom. The average Bonchev–Trinajstić information content (AvgIpc) is 2.92. The SMILES string of the molecule is COc1ccc(C(O)(CNC(=O)c2cc(OC)c3ncccc3c2)C(F)(F)F)nc1Cc1ccc(F)c(Cl)c1. The molecule has 2 heterocycles. The van der Waals surface area contributed by atoms with E-state index in [9.17, 15) is 27.5 Å². The zero-order chi connectivity index (χ0) is 28.4. The topological polar surface area (TPSA) is 93.6 Å². The second-order valence-corrected chi connectivity index (χ2v) is 8.97. The number of carbonyl (C=O) groups excluding carboxylic acids is 1. The summed E-state index contributed by atoms with van der Waals surface area (Å²) in [6.45, 7) is -1.23. The Morgan fingerprint density at radius 2 is 1.79 bits per heavy atom. The van der Waals surface area contributed by atoms with Gasteiger partial charge in [0, 0.05) is 23.6 Å². The third-order valence-electron chi connectivity index (χ3n) is 6.06. The standard InChI is InChI=1S/C27H22ClF4N3O4/c1-38-21-7-8-23(35-20(21)11-15-5-6-19(29)18(28)10-15)26(37,27(30,31)32)14-34-25(36)17-12-16-4-3-9-33-24(16)22(13-17)39-2/h3-10,12-13,37H,11,14H2,1-2H3,(H,34,36). The van der Waals surface area contributed by atoms with E-state index in [-0.39, 0.29) is 34.2 Å². The van der Waals surface area contributed by atoms with Gasteiger partial charge in [-0.1, -0.05) is 23.7 Å². The lowest BCUT2D eigenvalue weighted by molar-refractivity contribution is -0.265. The van der Waals surface area contributed by atoms with Crippen LogP contribution in [0.3, 0.4) is 0 Å². The minimum absolute atomic E-state index is 0.00782. The van der Waals surface area contributed by atoms with Gasteiger partial charge in [-0.05, 0) is 48.0 Å². The smallest absolute Gasteiger partial charge is 0.424 e. The van der Waals surface area contributed by atoms with Gasteiger partial charge in [0.1, 0.15) is 22.8 Å². The van der Waals surface area contributed by atoms with E-state index in [1.807, 2.05) is 0 Å². The predicted molar refractivity (Wildman–Crippen MR) is 136 cm³/mol. The molecular weight excluding hydrogens is 542 g/mol. The number of benzene rings is 2. The van der Waals surface area contributed by atoms with E-state index in [0.717, 1.165) is 12.1 Å². The number of fused-ring (bicyclic) bond motifs is 1. The molecule has 0 fully saturated rings. The molecule has 2 N–H and O–H groups in total. The number of amides is 1. The lowest BCUT2D eigenvalue weighted by Gasteiger charge is -2.30. The first kappa shape index (κ1) is 28.1. The number of methoxy groups -OCH3 is 2. The van der Waals surface area contributed by atoms with Gasteiger partial charge in [-0.25, -0.2) is 4.39 Å². The highest BCUT2D eigenvalue weighted by Gasteiger charge is 2.56. The van der Waals surface area contributed by atoms with Gasteiger partial charge in [-0.2, -0.15) is 13.2 Å². The summed E-state index contributed by atoms with van der Waals surface area (Å²) in [5, 5.41) is 13.4. The molecule has 0 radical (unpaired) electrons. The van der Waals surface area contributed by atoms with Crippen LogP contribution in [0.2, 0.25) is 5.02 Å². The Morgan fingerprint density at radius 3 is 2.46 bits per heavy atom. The van der Waals surface area contributed by atoms with Crippen LogP contribution in [0.25, 0.3) is 10.9 Å². The number of nitrogens with one attached hydrogen (secondary N) is 1. The zero-order valence-electron chi connectivity index (χ0n) is 20.6. The summed E-state index contributed by atoms with van der Waals surface area (Å²) < 4.78 is 66.8. The predicted octanol–water partition coefficient (Wildman–Crippen LogP) is 5.21. The first-order chi connectivity index (χ1) is 18.5. The van der Waals surface area contributed by atoms with Crippen molar-refractivity contribution in [2.24, 2.45) is 0 Å². The molecule has 2 aromatic carbocycles. The number of aliphatic hydroxyl groups is 1. The maximum absolute atomic E-state index is 14.2. The maximum Gasteiger partial charge on any atom is 0.424 e. The molecule has 1 amide bonds. The van der Waals surface area contributed by atoms with Gasteiger partial charge in [0.05, 0.1) is 37.2 Å². The van der Waals surface area contributed by atoms with E-state index in [1.165, 1.54) is 50.7 Å². The van der Waals surface area contributed by atoms with Gasteiger partial charge in [0.2, 0.25) is 5.60 Å². The highest BCUT2D eigenvalue weighted by molar-refractivity contribution is 6.30. The summed E-state index contributed by atoms with van der Waals surface area (Å²) in [6.07, 6.45) is -3.75. The third kappa shape index (κ3) is 5.74. The molecule has 1 unspecified atom stereocenters. The number of halogens is 5. The molecule has 39 heavy (non-hydrogen) atoms. The van der Waals surface area contributed by atoms with Crippen molar-refractivity contribution in [2.45, 2.75) is 18.2 Å². The summed E-state index contributed by atoms with van der Waals surface area (Å²) in [7, 11) is 2.68. The molecule has 1 atom stereocenters. The van der Waals surface area contributed by atoms with E-state index in [2.05, 4.69) is 15.3 Å². The van der Waals surface area contributed by atoms with Crippen LogP contribution >= 0.6 is 11.6 Å². The molecule has 12 heteroatoms. The van der Waals surface area contributed by atoms with Crippen molar-refractivity contribution in [3.63, 3.8) is 0 Å². The highest BCUT2D eigenvalue weighted by atomic mass is 35.5. The van der Waals surface area contributed by atoms with Crippen LogP contribution in [-0.2, 0) is 12.0 Å². The number of hydrogen-bond donors (Lipinski definition) is 2. The second-order valence-electron chi connectivity index (χ2n) is 8.57. The van der Waals surface area contributed by atoms with Gasteiger partial charge >= 0.3 is 6.18 Å². The summed E-state index contributed by atoms with van der Waals surface area (Å²) in [5.74, 6) is -1.13. The van der Waals surface area contributed by atoms with Crippen LogP contribution in [0, 0.1) is 5.82 Å². The molecule has 0 saturated heterocycles. The minimum atomic E-state index is -5.22. The van der Waals surface area contributed by atoms with Gasteiger partial charge < -0.3 is 19.9 Å². The molecule has 4 rings (SSSR count). The van der Waals surface area contributed by atoms with E-state index in [4.69, 9.17) is 21.1 Å². The van der Waals surface area contributed by atoms with E-state index in [1.54, 1.807) is 12.1 Å². The van der Waals surface area contributed by atoms with Crippen LogP contribution in [0.5, 0.6) is 11.5 Å². The number of alkyl halides is 3. The van der Waals surface area contributed by atoms with Gasteiger partial charge in [-0.15, -0.1) is 0 Å². The molecule has 0 aliphatic rings. The molecule has 0 bridgehead atoms. The number of aromatic nitrogens is 2. The highest BCUT2D eigenvalue weighted by Crippen LogP contribution is 2.39. The van der Waals surface area contributed by atoms with Crippen LogP contribution < -0.4 is 14.8 Å². The lowest BCUT2D eigenvalue weighted by atomic mass is 9.96. The zero-order valence-corrected chi connectivity index (χ0v) is 21.4. The largest absolute Gasteiger partial charge is 0.495 e. The Kier molecular flexibility index (Phi) is 7.94. The summed E-state index contributed by atoms with van der Waals surface area (Å²) in [4.78, 5) is 21.1. The lowest BCUT2D eigenvalue weighted by Crippen LogP contribution is -2.51. The Hall–Kier alpha value is -3.96. The molecule has 0 aliphatic carbocycles. The molecule has 204 valence electrons. The van der Waals surface area contributed by atoms with Crippen molar-refractivity contribution in [3.8, 4) is 11.5 Å². The summed E-state index contributed by atoms with van der Waals surface area (Å²) >= 11 is 5.82. The third-order valence-corrected chi connectivity index (χ3v) is 6.35. The number of nitrogens with zero attached hydrogens (tertiary/aromatic N) is 2. The van der Waals surface area contributed by atoms with Gasteiger partial charge in [0.15, 0.2) is 0 Å². The molecule has 0 saturated carbocycles. The van der Waals surface area contributed by atoms with E-state index < -0.39 is 35.7 Å². The molecular formula is C27H22ClF4N3O4. The number of carbonyl (C=O) groups is 1. The van der Waals surface area contributed by atoms with Crippen LogP contribution in [-0.4, -0.2) is 47.9 Å². The molecule has 0 spiro atoms.